The van der Waals surface area contributed by atoms with Gasteiger partial charge in [-0.2, -0.15) is 0 Å². The van der Waals surface area contributed by atoms with Crippen LogP contribution in [0.5, 0.6) is 0 Å². The first kappa shape index (κ1) is 16.5. The molecule has 0 aromatic heterocycles. The first-order valence-corrected chi connectivity index (χ1v) is 7.15. The third kappa shape index (κ3) is 4.87. The predicted molar refractivity (Wildman–Crippen MR) is 80.6 cm³/mol. The molecule has 0 aliphatic rings. The van der Waals surface area contributed by atoms with Gasteiger partial charge in [0.1, 0.15) is 17.7 Å². The number of benzene rings is 2. The van der Waals surface area contributed by atoms with Crippen LogP contribution >= 0.6 is 0 Å². The molecule has 0 aliphatic heterocycles. The van der Waals surface area contributed by atoms with Crippen LogP contribution < -0.4 is 5.32 Å². The van der Waals surface area contributed by atoms with Gasteiger partial charge in [0, 0.05) is 13.1 Å². The maximum absolute atomic E-state index is 13.1. The van der Waals surface area contributed by atoms with Crippen LogP contribution in [-0.4, -0.2) is 31.4 Å². The van der Waals surface area contributed by atoms with E-state index < -0.39 is 6.10 Å². The fraction of sp³-hybridized carbons (Fsp3) is 0.294. The second-order valence-electron chi connectivity index (χ2n) is 4.83. The highest BCUT2D eigenvalue weighted by atomic mass is 19.1. The highest BCUT2D eigenvalue weighted by Gasteiger charge is 2.15. The molecule has 5 heteroatoms. The Morgan fingerprint density at radius 3 is 1.82 bits per heavy atom. The van der Waals surface area contributed by atoms with Crippen molar-refractivity contribution in [1.29, 1.82) is 0 Å². The number of aliphatic hydroxyl groups is 1. The zero-order valence-corrected chi connectivity index (χ0v) is 12.1. The summed E-state index contributed by atoms with van der Waals surface area (Å²) in [6.07, 6.45) is -0.392. The normalized spacial score (nSPS) is 11.1. The molecule has 2 rings (SSSR count). The van der Waals surface area contributed by atoms with Crippen molar-refractivity contribution >= 4 is 0 Å². The summed E-state index contributed by atoms with van der Waals surface area (Å²) in [7, 11) is 0. The Morgan fingerprint density at radius 2 is 1.36 bits per heavy atom. The summed E-state index contributed by atoms with van der Waals surface area (Å²) in [6.45, 7) is 1.57. The molecule has 2 aromatic rings. The van der Waals surface area contributed by atoms with Crippen LogP contribution in [0.3, 0.4) is 0 Å². The van der Waals surface area contributed by atoms with E-state index in [4.69, 9.17) is 9.84 Å². The Hall–Kier alpha value is -1.82. The van der Waals surface area contributed by atoms with Gasteiger partial charge in [-0.05, 0) is 35.4 Å². The van der Waals surface area contributed by atoms with Crippen LogP contribution in [-0.2, 0) is 4.74 Å². The van der Waals surface area contributed by atoms with Crippen LogP contribution in [0, 0.1) is 11.6 Å². The molecule has 0 aliphatic carbocycles. The molecular weight excluding hydrogens is 288 g/mol. The molecule has 0 atom stereocenters. The lowest BCUT2D eigenvalue weighted by Crippen LogP contribution is -2.24. The molecule has 0 heterocycles. The molecular formula is C17H19F2NO2. The zero-order valence-electron chi connectivity index (χ0n) is 12.1. The van der Waals surface area contributed by atoms with Crippen LogP contribution in [0.25, 0.3) is 0 Å². The molecule has 0 bridgehead atoms. The van der Waals surface area contributed by atoms with E-state index in [1.807, 2.05) is 0 Å². The largest absolute Gasteiger partial charge is 0.395 e. The smallest absolute Gasteiger partial charge is 0.123 e. The molecule has 0 fully saturated rings. The molecule has 0 amide bonds. The summed E-state index contributed by atoms with van der Waals surface area (Å²) >= 11 is 0. The number of nitrogens with one attached hydrogen (secondary N) is 1. The fourth-order valence-corrected chi connectivity index (χ4v) is 2.11. The number of hydrogen-bond donors (Lipinski definition) is 2. The van der Waals surface area contributed by atoms with Gasteiger partial charge in [-0.25, -0.2) is 8.78 Å². The Bertz CT molecular complexity index is 512. The molecule has 0 unspecified atom stereocenters. The van der Waals surface area contributed by atoms with E-state index in [-0.39, 0.29) is 18.2 Å². The maximum Gasteiger partial charge on any atom is 0.123 e. The van der Waals surface area contributed by atoms with Gasteiger partial charge in [0.2, 0.25) is 0 Å². The van der Waals surface area contributed by atoms with E-state index in [1.54, 1.807) is 24.3 Å². The number of ether oxygens (including phenoxy) is 1. The molecule has 22 heavy (non-hydrogen) atoms. The molecule has 0 radical (unpaired) electrons. The summed E-state index contributed by atoms with van der Waals surface area (Å²) < 4.78 is 32.0. The van der Waals surface area contributed by atoms with E-state index in [0.717, 1.165) is 11.1 Å². The standard InChI is InChI=1S/C17H19F2NO2/c18-15-5-1-13(2-6-15)17(22-12-10-20-9-11-21)14-3-7-16(19)8-4-14/h1-8,17,20-21H,9-12H2. The quantitative estimate of drug-likeness (QED) is 0.737. The van der Waals surface area contributed by atoms with Crippen LogP contribution in [0.1, 0.15) is 17.2 Å². The van der Waals surface area contributed by atoms with Crippen molar-refractivity contribution in [2.24, 2.45) is 0 Å². The maximum atomic E-state index is 13.1. The van der Waals surface area contributed by atoms with Crippen LogP contribution in [0.2, 0.25) is 0 Å². The average Bonchev–Trinajstić information content (AvgIpc) is 2.53. The zero-order chi connectivity index (χ0) is 15.8. The second kappa shape index (κ2) is 8.58. The SMILES string of the molecule is OCCNCCOC(c1ccc(F)cc1)c1ccc(F)cc1. The lowest BCUT2D eigenvalue weighted by molar-refractivity contribution is 0.0814. The highest BCUT2D eigenvalue weighted by molar-refractivity contribution is 5.30. The van der Waals surface area contributed by atoms with Gasteiger partial charge in [-0.15, -0.1) is 0 Å². The summed E-state index contributed by atoms with van der Waals surface area (Å²) in [5.74, 6) is -0.627. The highest BCUT2D eigenvalue weighted by Crippen LogP contribution is 2.26. The minimum Gasteiger partial charge on any atom is -0.395 e. The molecule has 0 saturated heterocycles. The molecule has 3 nitrogen and oxygen atoms in total. The second-order valence-corrected chi connectivity index (χ2v) is 4.83. The van der Waals surface area contributed by atoms with Gasteiger partial charge in [-0.1, -0.05) is 24.3 Å². The summed E-state index contributed by atoms with van der Waals surface area (Å²) in [5.41, 5.74) is 1.60. The lowest BCUT2D eigenvalue weighted by atomic mass is 10.0. The minimum atomic E-state index is -0.392. The first-order valence-electron chi connectivity index (χ1n) is 7.15. The van der Waals surface area contributed by atoms with Crippen molar-refractivity contribution in [1.82, 2.24) is 5.32 Å². The third-order valence-corrected chi connectivity index (χ3v) is 3.20. The van der Waals surface area contributed by atoms with E-state index >= 15 is 0 Å². The first-order chi connectivity index (χ1) is 10.7. The molecule has 2 aromatic carbocycles. The van der Waals surface area contributed by atoms with Crippen molar-refractivity contribution in [3.63, 3.8) is 0 Å². The van der Waals surface area contributed by atoms with Gasteiger partial charge in [0.25, 0.3) is 0 Å². The van der Waals surface area contributed by atoms with Crippen molar-refractivity contribution in [2.45, 2.75) is 6.10 Å². The number of halogens is 2. The van der Waals surface area contributed by atoms with Crippen LogP contribution in [0.15, 0.2) is 48.5 Å². The van der Waals surface area contributed by atoms with Crippen LogP contribution in [0.4, 0.5) is 8.78 Å². The summed E-state index contributed by atoms with van der Waals surface area (Å²) in [6, 6.07) is 12.1. The average molecular weight is 307 g/mol. The fourth-order valence-electron chi connectivity index (χ4n) is 2.11. The van der Waals surface area contributed by atoms with Gasteiger partial charge >= 0.3 is 0 Å². The predicted octanol–water partition coefficient (Wildman–Crippen LogP) is 2.65. The Labute approximate surface area is 128 Å². The number of aliphatic hydroxyl groups excluding tert-OH is 1. The Kier molecular flexibility index (Phi) is 6.45. The van der Waals surface area contributed by atoms with E-state index in [1.165, 1.54) is 24.3 Å². The van der Waals surface area contributed by atoms with Crippen molar-refractivity contribution in [3.05, 3.63) is 71.3 Å². The molecule has 0 spiro atoms. The van der Waals surface area contributed by atoms with Gasteiger partial charge in [0.15, 0.2) is 0 Å². The van der Waals surface area contributed by atoms with E-state index in [0.29, 0.717) is 19.7 Å². The van der Waals surface area contributed by atoms with Gasteiger partial charge < -0.3 is 15.2 Å². The topological polar surface area (TPSA) is 41.5 Å². The van der Waals surface area contributed by atoms with Gasteiger partial charge in [0.05, 0.1) is 13.2 Å². The number of rotatable bonds is 8. The summed E-state index contributed by atoms with van der Waals surface area (Å²) in [5, 5.41) is 11.7. The molecule has 0 saturated carbocycles. The van der Waals surface area contributed by atoms with Crippen molar-refractivity contribution < 1.29 is 18.6 Å². The van der Waals surface area contributed by atoms with Gasteiger partial charge in [-0.3, -0.25) is 0 Å². The minimum absolute atomic E-state index is 0.0688. The van der Waals surface area contributed by atoms with Crippen molar-refractivity contribution in [2.75, 3.05) is 26.3 Å². The molecule has 118 valence electrons. The Morgan fingerprint density at radius 1 is 0.864 bits per heavy atom. The van der Waals surface area contributed by atoms with E-state index in [2.05, 4.69) is 5.32 Å². The van der Waals surface area contributed by atoms with E-state index in [9.17, 15) is 8.78 Å². The van der Waals surface area contributed by atoms with Crippen molar-refractivity contribution in [3.8, 4) is 0 Å². The number of hydrogen-bond acceptors (Lipinski definition) is 3. The lowest BCUT2D eigenvalue weighted by Gasteiger charge is -2.19. The third-order valence-electron chi connectivity index (χ3n) is 3.20. The summed E-state index contributed by atoms with van der Waals surface area (Å²) in [4.78, 5) is 0. The Balaban J connectivity index is 2.10. The monoisotopic (exact) mass is 307 g/mol. The molecule has 2 N–H and O–H groups in total.